The van der Waals surface area contributed by atoms with E-state index in [9.17, 15) is 8.42 Å². The Hall–Kier alpha value is -0.330. The van der Waals surface area contributed by atoms with E-state index < -0.39 is 9.84 Å². The lowest BCUT2D eigenvalue weighted by Crippen LogP contribution is -2.05. The molecular formula is C8H11ClN2O2S2. The molecule has 0 fully saturated rings. The fourth-order valence-corrected chi connectivity index (χ4v) is 3.31. The largest absolute Gasteiger partial charge is 0.229 e. The molecule has 0 saturated carbocycles. The minimum atomic E-state index is -2.91. The molecule has 0 amide bonds. The molecule has 84 valence electrons. The summed E-state index contributed by atoms with van der Waals surface area (Å²) >= 11 is 7.10. The van der Waals surface area contributed by atoms with Gasteiger partial charge in [-0.3, -0.25) is 0 Å². The van der Waals surface area contributed by atoms with E-state index in [0.717, 1.165) is 0 Å². The fraction of sp³-hybridized carbons (Fsp3) is 0.500. The van der Waals surface area contributed by atoms with Crippen LogP contribution >= 0.6 is 23.4 Å². The second kappa shape index (κ2) is 5.14. The maximum Gasteiger partial charge on any atom is 0.148 e. The summed E-state index contributed by atoms with van der Waals surface area (Å²) < 4.78 is 21.8. The highest BCUT2D eigenvalue weighted by Gasteiger charge is 2.04. The van der Waals surface area contributed by atoms with Gasteiger partial charge in [0.2, 0.25) is 0 Å². The van der Waals surface area contributed by atoms with Gasteiger partial charge >= 0.3 is 0 Å². The van der Waals surface area contributed by atoms with Crippen LogP contribution in [0.1, 0.15) is 5.82 Å². The zero-order valence-corrected chi connectivity index (χ0v) is 10.8. The number of nitrogens with zero attached hydrogens (tertiary/aromatic N) is 2. The molecule has 0 aromatic carbocycles. The van der Waals surface area contributed by atoms with Gasteiger partial charge in [0.05, 0.1) is 5.75 Å². The molecular weight excluding hydrogens is 256 g/mol. The number of hydrogen-bond donors (Lipinski definition) is 0. The van der Waals surface area contributed by atoms with Gasteiger partial charge in [-0.15, -0.1) is 11.8 Å². The number of halogens is 1. The average Bonchev–Trinajstić information content (AvgIpc) is 1.99. The van der Waals surface area contributed by atoms with Gasteiger partial charge in [-0.1, -0.05) is 11.6 Å². The van der Waals surface area contributed by atoms with Gasteiger partial charge in [-0.2, -0.15) is 0 Å². The second-order valence-electron chi connectivity index (χ2n) is 3.05. The van der Waals surface area contributed by atoms with Gasteiger partial charge in [0.1, 0.15) is 25.8 Å². The van der Waals surface area contributed by atoms with E-state index in [1.807, 2.05) is 0 Å². The number of hydrogen-bond acceptors (Lipinski definition) is 5. The van der Waals surface area contributed by atoms with Gasteiger partial charge in [0.15, 0.2) is 0 Å². The first kappa shape index (κ1) is 12.7. The highest BCUT2D eigenvalue weighted by atomic mass is 35.5. The number of rotatable bonds is 4. The van der Waals surface area contributed by atoms with Crippen LogP contribution in [-0.4, -0.2) is 36.1 Å². The molecule has 4 nitrogen and oxygen atoms in total. The summed E-state index contributed by atoms with van der Waals surface area (Å²) in [6.45, 7) is 1.74. The van der Waals surface area contributed by atoms with Crippen molar-refractivity contribution in [3.63, 3.8) is 0 Å². The standard InChI is InChI=1S/C8H11ClN2O2S2/c1-6-10-7(9)5-8(11-6)14-3-4-15(2,12)13/h5H,3-4H2,1-2H3. The molecule has 15 heavy (non-hydrogen) atoms. The van der Waals surface area contributed by atoms with Crippen molar-refractivity contribution >= 4 is 33.2 Å². The Kier molecular flexibility index (Phi) is 4.36. The Morgan fingerprint density at radius 1 is 1.47 bits per heavy atom. The first-order valence-electron chi connectivity index (χ1n) is 4.18. The Labute approximate surface area is 98.4 Å². The van der Waals surface area contributed by atoms with Gasteiger partial charge in [0.25, 0.3) is 0 Å². The lowest BCUT2D eigenvalue weighted by molar-refractivity contribution is 0.603. The Morgan fingerprint density at radius 2 is 2.13 bits per heavy atom. The minimum absolute atomic E-state index is 0.137. The SMILES string of the molecule is Cc1nc(Cl)cc(SCCS(C)(=O)=O)n1. The predicted octanol–water partition coefficient (Wildman–Crippen LogP) is 1.58. The van der Waals surface area contributed by atoms with E-state index in [1.54, 1.807) is 13.0 Å². The number of thioether (sulfide) groups is 1. The van der Waals surface area contributed by atoms with E-state index in [4.69, 9.17) is 11.6 Å². The maximum absolute atomic E-state index is 10.9. The van der Waals surface area contributed by atoms with Crippen molar-refractivity contribution in [2.75, 3.05) is 17.8 Å². The van der Waals surface area contributed by atoms with Crippen LogP contribution in [-0.2, 0) is 9.84 Å². The normalized spacial score (nSPS) is 11.7. The van der Waals surface area contributed by atoms with Gasteiger partial charge < -0.3 is 0 Å². The third kappa shape index (κ3) is 5.34. The van der Waals surface area contributed by atoms with Crippen molar-refractivity contribution in [3.8, 4) is 0 Å². The first-order valence-corrected chi connectivity index (χ1v) is 7.61. The quantitative estimate of drug-likeness (QED) is 0.612. The molecule has 1 aromatic rings. The van der Waals surface area contributed by atoms with E-state index in [0.29, 0.717) is 21.8 Å². The zero-order valence-electron chi connectivity index (χ0n) is 8.40. The molecule has 0 bridgehead atoms. The van der Waals surface area contributed by atoms with Crippen molar-refractivity contribution in [2.24, 2.45) is 0 Å². The highest BCUT2D eigenvalue weighted by Crippen LogP contribution is 2.18. The zero-order chi connectivity index (χ0) is 11.5. The van der Waals surface area contributed by atoms with Crippen LogP contribution < -0.4 is 0 Å². The van der Waals surface area contributed by atoms with Crippen LogP contribution in [0.2, 0.25) is 5.15 Å². The smallest absolute Gasteiger partial charge is 0.148 e. The Balaban J connectivity index is 2.58. The van der Waals surface area contributed by atoms with Crippen LogP contribution in [0.5, 0.6) is 0 Å². The fourth-order valence-electron chi connectivity index (χ4n) is 0.877. The molecule has 0 spiro atoms. The van der Waals surface area contributed by atoms with Gasteiger partial charge in [0, 0.05) is 18.1 Å². The lowest BCUT2D eigenvalue weighted by atomic mass is 10.6. The molecule has 1 heterocycles. The molecule has 7 heteroatoms. The van der Waals surface area contributed by atoms with Crippen LogP contribution in [0.4, 0.5) is 0 Å². The molecule has 1 rings (SSSR count). The van der Waals surface area contributed by atoms with Gasteiger partial charge in [-0.25, -0.2) is 18.4 Å². The van der Waals surface area contributed by atoms with Crippen LogP contribution in [0.3, 0.4) is 0 Å². The van der Waals surface area contributed by atoms with E-state index >= 15 is 0 Å². The predicted molar refractivity (Wildman–Crippen MR) is 62.2 cm³/mol. The lowest BCUT2D eigenvalue weighted by Gasteiger charge is -2.01. The summed E-state index contributed by atoms with van der Waals surface area (Å²) in [6.07, 6.45) is 1.21. The first-order chi connectivity index (χ1) is 6.87. The molecule has 0 aliphatic carbocycles. The summed E-state index contributed by atoms with van der Waals surface area (Å²) in [7, 11) is -2.91. The summed E-state index contributed by atoms with van der Waals surface area (Å²) in [5, 5.41) is 1.08. The molecule has 0 saturated heterocycles. The van der Waals surface area contributed by atoms with Crippen LogP contribution in [0.15, 0.2) is 11.1 Å². The summed E-state index contributed by atoms with van der Waals surface area (Å²) in [5.74, 6) is 1.20. The van der Waals surface area contributed by atoms with Crippen molar-refractivity contribution < 1.29 is 8.42 Å². The molecule has 0 N–H and O–H groups in total. The molecule has 0 radical (unpaired) electrons. The van der Waals surface area contributed by atoms with Crippen molar-refractivity contribution in [2.45, 2.75) is 11.9 Å². The monoisotopic (exact) mass is 266 g/mol. The molecule has 0 aliphatic rings. The number of sulfone groups is 1. The third-order valence-electron chi connectivity index (χ3n) is 1.49. The van der Waals surface area contributed by atoms with Crippen molar-refractivity contribution in [1.82, 2.24) is 9.97 Å². The van der Waals surface area contributed by atoms with E-state index in [1.165, 1.54) is 18.0 Å². The van der Waals surface area contributed by atoms with Crippen LogP contribution in [0, 0.1) is 6.92 Å². The summed E-state index contributed by atoms with van der Waals surface area (Å²) in [5.41, 5.74) is 0. The minimum Gasteiger partial charge on any atom is -0.229 e. The Morgan fingerprint density at radius 3 is 2.67 bits per heavy atom. The molecule has 0 unspecified atom stereocenters. The van der Waals surface area contributed by atoms with E-state index in [-0.39, 0.29) is 5.75 Å². The van der Waals surface area contributed by atoms with Crippen LogP contribution in [0.25, 0.3) is 0 Å². The molecule has 0 atom stereocenters. The van der Waals surface area contributed by atoms with E-state index in [2.05, 4.69) is 9.97 Å². The Bertz CT molecular complexity index is 428. The second-order valence-corrected chi connectivity index (χ2v) is 6.82. The number of aryl methyl sites for hydroxylation is 1. The van der Waals surface area contributed by atoms with Crippen molar-refractivity contribution in [1.29, 1.82) is 0 Å². The molecule has 0 aliphatic heterocycles. The highest BCUT2D eigenvalue weighted by molar-refractivity contribution is 8.00. The maximum atomic E-state index is 10.9. The third-order valence-corrected chi connectivity index (χ3v) is 3.80. The average molecular weight is 267 g/mol. The topological polar surface area (TPSA) is 59.9 Å². The molecule has 1 aromatic heterocycles. The van der Waals surface area contributed by atoms with Gasteiger partial charge in [-0.05, 0) is 6.92 Å². The van der Waals surface area contributed by atoms with Crippen molar-refractivity contribution in [3.05, 3.63) is 17.0 Å². The number of aromatic nitrogens is 2. The summed E-state index contributed by atoms with van der Waals surface area (Å²) in [6, 6.07) is 1.63. The summed E-state index contributed by atoms with van der Waals surface area (Å²) in [4.78, 5) is 8.04.